The minimum atomic E-state index is -0.0286. The van der Waals surface area contributed by atoms with E-state index in [9.17, 15) is 4.79 Å². The molecule has 0 radical (unpaired) electrons. The van der Waals surface area contributed by atoms with Crippen molar-refractivity contribution in [2.24, 2.45) is 11.8 Å². The van der Waals surface area contributed by atoms with Gasteiger partial charge in [0.25, 0.3) is 0 Å². The molecule has 1 atom stereocenters. The average molecular weight is 246 g/mol. The van der Waals surface area contributed by atoms with Crippen molar-refractivity contribution in [2.45, 2.75) is 33.2 Å². The largest absolute Gasteiger partial charge is 0.326 e. The quantitative estimate of drug-likeness (QED) is 0.810. The molecule has 1 aliphatic carbocycles. The van der Waals surface area contributed by atoms with Crippen molar-refractivity contribution < 1.29 is 4.79 Å². The first-order chi connectivity index (χ1) is 8.65. The zero-order chi connectivity index (χ0) is 13.0. The van der Waals surface area contributed by atoms with E-state index in [2.05, 4.69) is 29.7 Å². The summed E-state index contributed by atoms with van der Waals surface area (Å²) in [5.41, 5.74) is 2.12. The van der Waals surface area contributed by atoms with Gasteiger partial charge in [0.1, 0.15) is 0 Å². The van der Waals surface area contributed by atoms with Crippen molar-refractivity contribution in [3.8, 4) is 0 Å². The van der Waals surface area contributed by atoms with E-state index >= 15 is 0 Å². The van der Waals surface area contributed by atoms with Gasteiger partial charge in [-0.05, 0) is 48.9 Å². The van der Waals surface area contributed by atoms with Crippen LogP contribution in [0.1, 0.15) is 32.3 Å². The van der Waals surface area contributed by atoms with Gasteiger partial charge in [-0.1, -0.05) is 19.1 Å². The Kier molecular flexibility index (Phi) is 4.37. The molecule has 1 aromatic rings. The summed E-state index contributed by atoms with van der Waals surface area (Å²) < 4.78 is 0. The van der Waals surface area contributed by atoms with Crippen LogP contribution in [0.3, 0.4) is 0 Å². The minimum absolute atomic E-state index is 0.0286. The van der Waals surface area contributed by atoms with Crippen molar-refractivity contribution >= 4 is 11.6 Å². The number of amides is 1. The molecule has 3 heteroatoms. The van der Waals surface area contributed by atoms with Gasteiger partial charge in [0.15, 0.2) is 0 Å². The maximum absolute atomic E-state index is 10.9. The molecule has 0 aromatic heterocycles. The Hall–Kier alpha value is -1.35. The number of rotatable bonds is 6. The smallest absolute Gasteiger partial charge is 0.221 e. The number of nitrogens with one attached hydrogen (secondary N) is 2. The molecule has 1 fully saturated rings. The molecule has 18 heavy (non-hydrogen) atoms. The summed E-state index contributed by atoms with van der Waals surface area (Å²) in [5, 5.41) is 6.27. The standard InChI is InChI=1S/C15H22N2O/c1-11(14-5-6-14)9-16-10-13-3-7-15(8-4-13)17-12(2)18/h3-4,7-8,11,14,16H,5-6,9-10H2,1-2H3,(H,17,18). The second-order valence-electron chi connectivity index (χ2n) is 5.32. The third-order valence-corrected chi connectivity index (χ3v) is 3.50. The van der Waals surface area contributed by atoms with E-state index in [0.717, 1.165) is 30.6 Å². The first kappa shape index (κ1) is 13.1. The second-order valence-corrected chi connectivity index (χ2v) is 5.32. The lowest BCUT2D eigenvalue weighted by Gasteiger charge is -2.11. The van der Waals surface area contributed by atoms with Gasteiger partial charge >= 0.3 is 0 Å². The van der Waals surface area contributed by atoms with Gasteiger partial charge in [0.2, 0.25) is 5.91 Å². The summed E-state index contributed by atoms with van der Waals surface area (Å²) in [6.45, 7) is 5.84. The van der Waals surface area contributed by atoms with Crippen LogP contribution in [-0.4, -0.2) is 12.5 Å². The fourth-order valence-corrected chi connectivity index (χ4v) is 2.19. The highest BCUT2D eigenvalue weighted by molar-refractivity contribution is 5.88. The summed E-state index contributed by atoms with van der Waals surface area (Å²) in [7, 11) is 0. The molecule has 0 spiro atoms. The molecule has 98 valence electrons. The van der Waals surface area contributed by atoms with Crippen LogP contribution in [0, 0.1) is 11.8 Å². The monoisotopic (exact) mass is 246 g/mol. The van der Waals surface area contributed by atoms with E-state index < -0.39 is 0 Å². The molecule has 1 unspecified atom stereocenters. The van der Waals surface area contributed by atoms with E-state index in [-0.39, 0.29) is 5.91 Å². The SMILES string of the molecule is CC(=O)Nc1ccc(CNCC(C)C2CC2)cc1. The molecule has 0 aliphatic heterocycles. The fourth-order valence-electron chi connectivity index (χ4n) is 2.19. The van der Waals surface area contributed by atoms with Gasteiger partial charge in [0.05, 0.1) is 0 Å². The number of carbonyl (C=O) groups excluding carboxylic acids is 1. The predicted octanol–water partition coefficient (Wildman–Crippen LogP) is 2.78. The van der Waals surface area contributed by atoms with Crippen LogP contribution in [-0.2, 0) is 11.3 Å². The third-order valence-electron chi connectivity index (χ3n) is 3.50. The highest BCUT2D eigenvalue weighted by atomic mass is 16.1. The van der Waals surface area contributed by atoms with Gasteiger partial charge < -0.3 is 10.6 Å². The first-order valence-electron chi connectivity index (χ1n) is 6.72. The zero-order valence-electron chi connectivity index (χ0n) is 11.2. The molecule has 1 saturated carbocycles. The van der Waals surface area contributed by atoms with Crippen molar-refractivity contribution in [1.82, 2.24) is 5.32 Å². The van der Waals surface area contributed by atoms with Crippen LogP contribution in [0.15, 0.2) is 24.3 Å². The molecule has 3 nitrogen and oxygen atoms in total. The predicted molar refractivity (Wildman–Crippen MR) is 74.3 cm³/mol. The number of anilines is 1. The summed E-state index contributed by atoms with van der Waals surface area (Å²) in [5.74, 6) is 1.72. The Bertz CT molecular complexity index is 395. The molecule has 2 N–H and O–H groups in total. The molecule has 1 amide bonds. The fraction of sp³-hybridized carbons (Fsp3) is 0.533. The summed E-state index contributed by atoms with van der Waals surface area (Å²) in [6.07, 6.45) is 2.82. The van der Waals surface area contributed by atoms with E-state index in [0.29, 0.717) is 0 Å². The van der Waals surface area contributed by atoms with Crippen LogP contribution in [0.4, 0.5) is 5.69 Å². The Morgan fingerprint density at radius 2 is 2.00 bits per heavy atom. The normalized spacial score (nSPS) is 16.3. The van der Waals surface area contributed by atoms with Crippen molar-refractivity contribution in [3.05, 3.63) is 29.8 Å². The lowest BCUT2D eigenvalue weighted by molar-refractivity contribution is -0.114. The van der Waals surface area contributed by atoms with Crippen molar-refractivity contribution in [2.75, 3.05) is 11.9 Å². The topological polar surface area (TPSA) is 41.1 Å². The summed E-state index contributed by atoms with van der Waals surface area (Å²) >= 11 is 0. The van der Waals surface area contributed by atoms with Gasteiger partial charge in [-0.3, -0.25) is 4.79 Å². The molecular formula is C15H22N2O. The van der Waals surface area contributed by atoms with Crippen LogP contribution in [0.25, 0.3) is 0 Å². The molecule has 1 aliphatic rings. The Balaban J connectivity index is 1.73. The summed E-state index contributed by atoms with van der Waals surface area (Å²) in [4.78, 5) is 10.9. The Morgan fingerprint density at radius 1 is 1.33 bits per heavy atom. The van der Waals surface area contributed by atoms with E-state index in [1.807, 2.05) is 12.1 Å². The Morgan fingerprint density at radius 3 is 2.56 bits per heavy atom. The number of hydrogen-bond donors (Lipinski definition) is 2. The summed E-state index contributed by atoms with van der Waals surface area (Å²) in [6, 6.07) is 8.01. The maximum atomic E-state index is 10.9. The minimum Gasteiger partial charge on any atom is -0.326 e. The van der Waals surface area contributed by atoms with E-state index in [4.69, 9.17) is 0 Å². The molecule has 2 rings (SSSR count). The number of hydrogen-bond acceptors (Lipinski definition) is 2. The van der Waals surface area contributed by atoms with Crippen LogP contribution in [0.5, 0.6) is 0 Å². The molecule has 1 aromatic carbocycles. The lowest BCUT2D eigenvalue weighted by atomic mass is 10.1. The van der Waals surface area contributed by atoms with Crippen molar-refractivity contribution in [1.29, 1.82) is 0 Å². The van der Waals surface area contributed by atoms with Gasteiger partial charge in [-0.2, -0.15) is 0 Å². The molecule has 0 saturated heterocycles. The lowest BCUT2D eigenvalue weighted by Crippen LogP contribution is -2.21. The van der Waals surface area contributed by atoms with E-state index in [1.165, 1.54) is 25.3 Å². The molecular weight excluding hydrogens is 224 g/mol. The highest BCUT2D eigenvalue weighted by Gasteiger charge is 2.27. The van der Waals surface area contributed by atoms with Crippen molar-refractivity contribution in [3.63, 3.8) is 0 Å². The van der Waals surface area contributed by atoms with Gasteiger partial charge in [-0.15, -0.1) is 0 Å². The molecule has 0 heterocycles. The number of carbonyl (C=O) groups is 1. The first-order valence-corrected chi connectivity index (χ1v) is 6.72. The molecule has 0 bridgehead atoms. The van der Waals surface area contributed by atoms with Gasteiger partial charge in [0, 0.05) is 19.2 Å². The van der Waals surface area contributed by atoms with Gasteiger partial charge in [-0.25, -0.2) is 0 Å². The zero-order valence-corrected chi connectivity index (χ0v) is 11.2. The maximum Gasteiger partial charge on any atom is 0.221 e. The van der Waals surface area contributed by atoms with Crippen LogP contribution in [0.2, 0.25) is 0 Å². The second kappa shape index (κ2) is 6.01. The van der Waals surface area contributed by atoms with E-state index in [1.54, 1.807) is 0 Å². The van der Waals surface area contributed by atoms with Crippen LogP contribution >= 0.6 is 0 Å². The highest BCUT2D eigenvalue weighted by Crippen LogP contribution is 2.36. The third kappa shape index (κ3) is 4.15. The van der Waals surface area contributed by atoms with Crippen LogP contribution < -0.4 is 10.6 Å². The average Bonchev–Trinajstić information content (AvgIpc) is 3.14. The number of benzene rings is 1. The Labute approximate surface area is 109 Å².